The van der Waals surface area contributed by atoms with Crippen LogP contribution in [0.3, 0.4) is 0 Å². The lowest BCUT2D eigenvalue weighted by atomic mass is 10.2. The fourth-order valence-electron chi connectivity index (χ4n) is 1.27. The molecule has 2 aromatic rings. The SMILES string of the molecule is O=C(NNC(=O)c1cc(Cl)ccc1Cl)Nc1nccs1. The Kier molecular flexibility index (Phi) is 4.78. The van der Waals surface area contributed by atoms with E-state index in [-0.39, 0.29) is 10.6 Å². The van der Waals surface area contributed by atoms with Crippen molar-refractivity contribution in [1.29, 1.82) is 0 Å². The number of nitrogens with zero attached hydrogens (tertiary/aromatic N) is 1. The van der Waals surface area contributed by atoms with Crippen molar-refractivity contribution in [3.63, 3.8) is 0 Å². The quantitative estimate of drug-likeness (QED) is 0.740. The number of aromatic nitrogens is 1. The molecule has 1 aromatic carbocycles. The van der Waals surface area contributed by atoms with Crippen LogP contribution in [0, 0.1) is 0 Å². The van der Waals surface area contributed by atoms with Crippen LogP contribution in [0.15, 0.2) is 29.8 Å². The van der Waals surface area contributed by atoms with Gasteiger partial charge in [-0.15, -0.1) is 11.3 Å². The third-order valence-electron chi connectivity index (χ3n) is 2.12. The smallest absolute Gasteiger partial charge is 0.282 e. The first-order valence-corrected chi connectivity index (χ1v) is 6.91. The average molecular weight is 331 g/mol. The Bertz CT molecular complexity index is 633. The van der Waals surface area contributed by atoms with Crippen molar-refractivity contribution in [1.82, 2.24) is 15.8 Å². The highest BCUT2D eigenvalue weighted by molar-refractivity contribution is 7.13. The van der Waals surface area contributed by atoms with E-state index in [4.69, 9.17) is 23.2 Å². The molecule has 0 unspecified atom stereocenters. The number of hydrogen-bond acceptors (Lipinski definition) is 4. The zero-order valence-corrected chi connectivity index (χ0v) is 12.1. The van der Waals surface area contributed by atoms with Gasteiger partial charge in [0.15, 0.2) is 5.13 Å². The topological polar surface area (TPSA) is 83.1 Å². The number of rotatable bonds is 2. The van der Waals surface area contributed by atoms with Gasteiger partial charge in [-0.05, 0) is 18.2 Å². The van der Waals surface area contributed by atoms with E-state index in [2.05, 4.69) is 21.2 Å². The molecule has 0 bridgehead atoms. The molecule has 0 spiro atoms. The number of benzene rings is 1. The molecule has 6 nitrogen and oxygen atoms in total. The average Bonchev–Trinajstić information content (AvgIpc) is 2.91. The minimum Gasteiger partial charge on any atom is -0.282 e. The lowest BCUT2D eigenvalue weighted by Crippen LogP contribution is -2.44. The first-order valence-electron chi connectivity index (χ1n) is 5.28. The normalized spacial score (nSPS) is 9.90. The van der Waals surface area contributed by atoms with Gasteiger partial charge in [-0.25, -0.2) is 15.2 Å². The highest BCUT2D eigenvalue weighted by Gasteiger charge is 2.12. The minimum atomic E-state index is -0.619. The van der Waals surface area contributed by atoms with Crippen LogP contribution in [0.1, 0.15) is 10.4 Å². The summed E-state index contributed by atoms with van der Waals surface area (Å²) >= 11 is 12.9. The minimum absolute atomic E-state index is 0.161. The number of nitrogens with one attached hydrogen (secondary N) is 3. The summed E-state index contributed by atoms with van der Waals surface area (Å²) in [6.45, 7) is 0. The molecule has 1 heterocycles. The van der Waals surface area contributed by atoms with Gasteiger partial charge in [-0.3, -0.25) is 15.5 Å². The van der Waals surface area contributed by atoms with Crippen molar-refractivity contribution >= 4 is 51.6 Å². The standard InChI is InChI=1S/C11H8Cl2N4O2S/c12-6-1-2-8(13)7(5-6)9(18)16-17-10(19)15-11-14-3-4-20-11/h1-5H,(H,16,18)(H2,14,15,17,19). The second-order valence-electron chi connectivity index (χ2n) is 3.49. The third-order valence-corrected chi connectivity index (χ3v) is 3.37. The molecule has 0 saturated carbocycles. The van der Waals surface area contributed by atoms with Crippen LogP contribution < -0.4 is 16.2 Å². The Labute approximate surface area is 128 Å². The van der Waals surface area contributed by atoms with E-state index in [0.29, 0.717) is 10.2 Å². The zero-order chi connectivity index (χ0) is 14.5. The Hall–Kier alpha value is -1.83. The molecule has 0 radical (unpaired) electrons. The van der Waals surface area contributed by atoms with Gasteiger partial charge < -0.3 is 0 Å². The molecule has 2 rings (SSSR count). The Balaban J connectivity index is 1.92. The second kappa shape index (κ2) is 6.56. The van der Waals surface area contributed by atoms with Gasteiger partial charge in [0.05, 0.1) is 10.6 Å². The number of hydrogen-bond donors (Lipinski definition) is 3. The van der Waals surface area contributed by atoms with Crippen LogP contribution in [0.2, 0.25) is 10.0 Å². The van der Waals surface area contributed by atoms with E-state index in [1.54, 1.807) is 17.6 Å². The fraction of sp³-hybridized carbons (Fsp3) is 0. The lowest BCUT2D eigenvalue weighted by molar-refractivity contribution is 0.0938. The monoisotopic (exact) mass is 330 g/mol. The van der Waals surface area contributed by atoms with Crippen LogP contribution in [0.5, 0.6) is 0 Å². The number of hydrazine groups is 1. The molecule has 3 N–H and O–H groups in total. The number of thiazole rings is 1. The molecule has 0 aliphatic carbocycles. The van der Waals surface area contributed by atoms with E-state index in [0.717, 1.165) is 0 Å². The Morgan fingerprint density at radius 2 is 2.00 bits per heavy atom. The highest BCUT2D eigenvalue weighted by Crippen LogP contribution is 2.20. The number of amides is 3. The summed E-state index contributed by atoms with van der Waals surface area (Å²) in [7, 11) is 0. The number of anilines is 1. The van der Waals surface area contributed by atoms with Gasteiger partial charge >= 0.3 is 6.03 Å². The third kappa shape index (κ3) is 3.83. The van der Waals surface area contributed by atoms with Crippen molar-refractivity contribution in [2.75, 3.05) is 5.32 Å². The van der Waals surface area contributed by atoms with E-state index >= 15 is 0 Å². The summed E-state index contributed by atoms with van der Waals surface area (Å²) < 4.78 is 0. The molecule has 1 aromatic heterocycles. The summed E-state index contributed by atoms with van der Waals surface area (Å²) in [6.07, 6.45) is 1.55. The molecule has 0 saturated heterocycles. The number of halogens is 2. The van der Waals surface area contributed by atoms with Gasteiger partial charge in [0.2, 0.25) is 0 Å². The van der Waals surface area contributed by atoms with E-state index < -0.39 is 11.9 Å². The van der Waals surface area contributed by atoms with E-state index in [1.165, 1.54) is 23.5 Å². The first kappa shape index (κ1) is 14.6. The van der Waals surface area contributed by atoms with Gasteiger partial charge in [0, 0.05) is 16.6 Å². The van der Waals surface area contributed by atoms with E-state index in [1.807, 2.05) is 0 Å². The number of carbonyl (C=O) groups excluding carboxylic acids is 2. The second-order valence-corrected chi connectivity index (χ2v) is 5.23. The summed E-state index contributed by atoms with van der Waals surface area (Å²) in [5.41, 5.74) is 4.55. The van der Waals surface area contributed by atoms with Crippen molar-refractivity contribution < 1.29 is 9.59 Å². The van der Waals surface area contributed by atoms with Crippen LogP contribution in [-0.4, -0.2) is 16.9 Å². The molecular weight excluding hydrogens is 323 g/mol. The molecule has 0 atom stereocenters. The van der Waals surface area contributed by atoms with Gasteiger partial charge in [0.25, 0.3) is 5.91 Å². The van der Waals surface area contributed by atoms with Crippen molar-refractivity contribution in [3.05, 3.63) is 45.4 Å². The van der Waals surface area contributed by atoms with Crippen LogP contribution in [0.4, 0.5) is 9.93 Å². The first-order chi connectivity index (χ1) is 9.56. The largest absolute Gasteiger partial charge is 0.339 e. The molecular formula is C11H8Cl2N4O2S. The summed E-state index contributed by atoms with van der Waals surface area (Å²) in [6, 6.07) is 3.84. The Morgan fingerprint density at radius 3 is 2.70 bits per heavy atom. The number of urea groups is 1. The maximum atomic E-state index is 11.8. The molecule has 0 aliphatic rings. The van der Waals surface area contributed by atoms with Crippen LogP contribution in [0.25, 0.3) is 0 Å². The Morgan fingerprint density at radius 1 is 1.20 bits per heavy atom. The molecule has 0 fully saturated rings. The number of carbonyl (C=O) groups is 2. The molecule has 104 valence electrons. The predicted octanol–water partition coefficient (Wildman–Crippen LogP) is 2.92. The van der Waals surface area contributed by atoms with Gasteiger partial charge in [-0.1, -0.05) is 23.2 Å². The molecule has 0 aliphatic heterocycles. The van der Waals surface area contributed by atoms with Gasteiger partial charge in [-0.2, -0.15) is 0 Å². The lowest BCUT2D eigenvalue weighted by Gasteiger charge is -2.08. The summed E-state index contributed by atoms with van der Waals surface area (Å²) in [5.74, 6) is -0.577. The fourth-order valence-corrected chi connectivity index (χ4v) is 2.17. The molecule has 9 heteroatoms. The highest BCUT2D eigenvalue weighted by atomic mass is 35.5. The zero-order valence-electron chi connectivity index (χ0n) is 9.81. The predicted molar refractivity (Wildman–Crippen MR) is 78.2 cm³/mol. The summed E-state index contributed by atoms with van der Waals surface area (Å²) in [5, 5.41) is 5.16. The maximum Gasteiger partial charge on any atom is 0.339 e. The van der Waals surface area contributed by atoms with Gasteiger partial charge in [0.1, 0.15) is 0 Å². The van der Waals surface area contributed by atoms with Crippen molar-refractivity contribution in [2.45, 2.75) is 0 Å². The molecule has 20 heavy (non-hydrogen) atoms. The van der Waals surface area contributed by atoms with Crippen LogP contribution in [-0.2, 0) is 0 Å². The van der Waals surface area contributed by atoms with Crippen LogP contribution >= 0.6 is 34.5 Å². The van der Waals surface area contributed by atoms with Crippen molar-refractivity contribution in [2.24, 2.45) is 0 Å². The van der Waals surface area contributed by atoms with Crippen molar-refractivity contribution in [3.8, 4) is 0 Å². The van der Waals surface area contributed by atoms with E-state index in [9.17, 15) is 9.59 Å². The molecule has 3 amide bonds. The maximum absolute atomic E-state index is 11.8. The summed E-state index contributed by atoms with van der Waals surface area (Å²) in [4.78, 5) is 27.1.